The SMILES string of the molecule is NC(=O)c1ccccc1NCC(=O)Nc1cccc(C(=O)NCC2CCCO2)c1. The maximum absolute atomic E-state index is 12.3. The quantitative estimate of drug-likeness (QED) is 0.541. The molecule has 3 rings (SSSR count). The van der Waals surface area contributed by atoms with Gasteiger partial charge in [-0.3, -0.25) is 14.4 Å². The molecule has 1 atom stereocenters. The molecule has 5 N–H and O–H groups in total. The van der Waals surface area contributed by atoms with E-state index in [2.05, 4.69) is 16.0 Å². The number of amides is 3. The predicted octanol–water partition coefficient (Wildman–Crippen LogP) is 1.74. The van der Waals surface area contributed by atoms with Crippen molar-refractivity contribution >= 4 is 29.1 Å². The number of carbonyl (C=O) groups is 3. The van der Waals surface area contributed by atoms with E-state index in [1.807, 2.05) is 0 Å². The van der Waals surface area contributed by atoms with Gasteiger partial charge >= 0.3 is 0 Å². The van der Waals surface area contributed by atoms with Crippen molar-refractivity contribution in [3.63, 3.8) is 0 Å². The summed E-state index contributed by atoms with van der Waals surface area (Å²) >= 11 is 0. The van der Waals surface area contributed by atoms with Gasteiger partial charge in [-0.15, -0.1) is 0 Å². The van der Waals surface area contributed by atoms with Crippen molar-refractivity contribution in [2.45, 2.75) is 18.9 Å². The number of ether oxygens (including phenoxy) is 1. The summed E-state index contributed by atoms with van der Waals surface area (Å²) in [7, 11) is 0. The fourth-order valence-electron chi connectivity index (χ4n) is 3.08. The molecule has 29 heavy (non-hydrogen) atoms. The van der Waals surface area contributed by atoms with Gasteiger partial charge in [-0.1, -0.05) is 18.2 Å². The Morgan fingerprint density at radius 3 is 2.69 bits per heavy atom. The average molecular weight is 396 g/mol. The zero-order valence-corrected chi connectivity index (χ0v) is 15.9. The Balaban J connectivity index is 1.53. The molecule has 2 aromatic rings. The van der Waals surface area contributed by atoms with Crippen LogP contribution in [-0.2, 0) is 9.53 Å². The Kier molecular flexibility index (Phi) is 6.80. The summed E-state index contributed by atoms with van der Waals surface area (Å²) in [5.74, 6) is -1.11. The number of para-hydroxylation sites is 1. The first-order valence-electron chi connectivity index (χ1n) is 9.45. The summed E-state index contributed by atoms with van der Waals surface area (Å²) in [4.78, 5) is 36.0. The minimum Gasteiger partial charge on any atom is -0.376 e. The molecule has 8 nitrogen and oxygen atoms in total. The van der Waals surface area contributed by atoms with Gasteiger partial charge in [0.05, 0.1) is 18.2 Å². The van der Waals surface area contributed by atoms with Gasteiger partial charge in [0, 0.05) is 30.1 Å². The van der Waals surface area contributed by atoms with E-state index in [0.29, 0.717) is 29.0 Å². The van der Waals surface area contributed by atoms with E-state index < -0.39 is 5.91 Å². The lowest BCUT2D eigenvalue weighted by Gasteiger charge is -2.12. The third kappa shape index (κ3) is 5.79. The minimum atomic E-state index is -0.574. The summed E-state index contributed by atoms with van der Waals surface area (Å²) in [6, 6.07) is 13.4. The second-order valence-electron chi connectivity index (χ2n) is 6.74. The van der Waals surface area contributed by atoms with Gasteiger partial charge in [0.15, 0.2) is 0 Å². The van der Waals surface area contributed by atoms with Crippen LogP contribution in [0.3, 0.4) is 0 Å². The molecule has 2 aromatic carbocycles. The number of nitrogens with one attached hydrogen (secondary N) is 3. The molecule has 0 aliphatic carbocycles. The molecular formula is C21H24N4O4. The summed E-state index contributed by atoms with van der Waals surface area (Å²) < 4.78 is 5.49. The minimum absolute atomic E-state index is 0.0558. The van der Waals surface area contributed by atoms with E-state index in [0.717, 1.165) is 19.4 Å². The normalized spacial score (nSPS) is 15.5. The van der Waals surface area contributed by atoms with Gasteiger partial charge in [-0.25, -0.2) is 0 Å². The van der Waals surface area contributed by atoms with Crippen molar-refractivity contribution in [3.05, 3.63) is 59.7 Å². The molecule has 1 unspecified atom stereocenters. The van der Waals surface area contributed by atoms with Crippen molar-refractivity contribution in [1.29, 1.82) is 0 Å². The largest absolute Gasteiger partial charge is 0.376 e. The highest BCUT2D eigenvalue weighted by atomic mass is 16.5. The van der Waals surface area contributed by atoms with Crippen molar-refractivity contribution in [2.75, 3.05) is 30.3 Å². The molecule has 0 aromatic heterocycles. The van der Waals surface area contributed by atoms with Gasteiger partial charge in [0.25, 0.3) is 11.8 Å². The first-order valence-corrected chi connectivity index (χ1v) is 9.45. The van der Waals surface area contributed by atoms with Crippen LogP contribution in [0.25, 0.3) is 0 Å². The fraction of sp³-hybridized carbons (Fsp3) is 0.286. The Morgan fingerprint density at radius 2 is 1.93 bits per heavy atom. The number of benzene rings is 2. The molecule has 1 aliphatic rings. The van der Waals surface area contributed by atoms with E-state index in [4.69, 9.17) is 10.5 Å². The van der Waals surface area contributed by atoms with Crippen molar-refractivity contribution in [2.24, 2.45) is 5.73 Å². The first kappa shape index (κ1) is 20.3. The number of nitrogens with two attached hydrogens (primary N) is 1. The van der Waals surface area contributed by atoms with Gasteiger partial charge in [-0.05, 0) is 43.2 Å². The van der Waals surface area contributed by atoms with Crippen LogP contribution in [-0.4, -0.2) is 43.5 Å². The predicted molar refractivity (Wildman–Crippen MR) is 110 cm³/mol. The van der Waals surface area contributed by atoms with Gasteiger partial charge < -0.3 is 26.4 Å². The van der Waals surface area contributed by atoms with E-state index in [-0.39, 0.29) is 24.5 Å². The molecule has 1 saturated heterocycles. The lowest BCUT2D eigenvalue weighted by Crippen LogP contribution is -2.31. The number of primary amides is 1. The molecule has 0 radical (unpaired) electrons. The van der Waals surface area contributed by atoms with Crippen molar-refractivity contribution in [3.8, 4) is 0 Å². The van der Waals surface area contributed by atoms with Gasteiger partial charge in [0.1, 0.15) is 0 Å². The van der Waals surface area contributed by atoms with Gasteiger partial charge in [0.2, 0.25) is 5.91 Å². The second kappa shape index (κ2) is 9.70. The summed E-state index contributed by atoms with van der Waals surface area (Å²) in [5, 5.41) is 8.48. The standard InChI is InChI=1S/C21H24N4O4/c22-20(27)17-8-1-2-9-18(17)23-13-19(26)25-15-6-3-5-14(11-15)21(28)24-12-16-7-4-10-29-16/h1-3,5-6,8-9,11,16,23H,4,7,10,12-13H2,(H2,22,27)(H,24,28)(H,25,26). The number of hydrogen-bond acceptors (Lipinski definition) is 5. The number of carbonyl (C=O) groups excluding carboxylic acids is 3. The second-order valence-corrected chi connectivity index (χ2v) is 6.74. The molecule has 0 spiro atoms. The lowest BCUT2D eigenvalue weighted by atomic mass is 10.1. The molecule has 1 heterocycles. The third-order valence-corrected chi connectivity index (χ3v) is 4.55. The molecule has 8 heteroatoms. The van der Waals surface area contributed by atoms with E-state index in [9.17, 15) is 14.4 Å². The highest BCUT2D eigenvalue weighted by Crippen LogP contribution is 2.15. The highest BCUT2D eigenvalue weighted by molar-refractivity contribution is 6.00. The molecular weight excluding hydrogens is 372 g/mol. The highest BCUT2D eigenvalue weighted by Gasteiger charge is 2.17. The number of rotatable bonds is 8. The Morgan fingerprint density at radius 1 is 1.10 bits per heavy atom. The summed E-state index contributed by atoms with van der Waals surface area (Å²) in [6.07, 6.45) is 2.03. The summed E-state index contributed by atoms with van der Waals surface area (Å²) in [5.41, 5.74) is 7.08. The van der Waals surface area contributed by atoms with Gasteiger partial charge in [-0.2, -0.15) is 0 Å². The lowest BCUT2D eigenvalue weighted by molar-refractivity contribution is -0.114. The zero-order valence-electron chi connectivity index (χ0n) is 15.9. The number of hydrogen-bond donors (Lipinski definition) is 4. The van der Waals surface area contributed by atoms with E-state index in [1.54, 1.807) is 48.5 Å². The Hall–Kier alpha value is -3.39. The van der Waals surface area contributed by atoms with Crippen LogP contribution in [0.1, 0.15) is 33.6 Å². The van der Waals surface area contributed by atoms with Crippen LogP contribution in [0.4, 0.5) is 11.4 Å². The number of anilines is 2. The van der Waals surface area contributed by atoms with E-state index >= 15 is 0 Å². The molecule has 152 valence electrons. The van der Waals surface area contributed by atoms with Crippen LogP contribution in [0.15, 0.2) is 48.5 Å². The molecule has 1 fully saturated rings. The average Bonchev–Trinajstić information content (AvgIpc) is 3.24. The molecule has 0 saturated carbocycles. The van der Waals surface area contributed by atoms with Crippen molar-refractivity contribution < 1.29 is 19.1 Å². The fourth-order valence-corrected chi connectivity index (χ4v) is 3.08. The maximum Gasteiger partial charge on any atom is 0.251 e. The molecule has 3 amide bonds. The molecule has 1 aliphatic heterocycles. The van der Waals surface area contributed by atoms with Crippen molar-refractivity contribution in [1.82, 2.24) is 5.32 Å². The zero-order chi connectivity index (χ0) is 20.6. The first-order chi connectivity index (χ1) is 14.0. The smallest absolute Gasteiger partial charge is 0.251 e. The van der Waals surface area contributed by atoms with Crippen LogP contribution in [0, 0.1) is 0 Å². The Labute approximate surface area is 168 Å². The topological polar surface area (TPSA) is 123 Å². The third-order valence-electron chi connectivity index (χ3n) is 4.55. The summed E-state index contributed by atoms with van der Waals surface area (Å²) in [6.45, 7) is 1.15. The van der Waals surface area contributed by atoms with E-state index in [1.165, 1.54) is 0 Å². The van der Waals surface area contributed by atoms with Crippen LogP contribution in [0.2, 0.25) is 0 Å². The van der Waals surface area contributed by atoms with Crippen LogP contribution in [0.5, 0.6) is 0 Å². The van der Waals surface area contributed by atoms with Crippen LogP contribution >= 0.6 is 0 Å². The maximum atomic E-state index is 12.3. The monoisotopic (exact) mass is 396 g/mol. The van der Waals surface area contributed by atoms with Crippen LogP contribution < -0.4 is 21.7 Å². The molecule has 0 bridgehead atoms. The Bertz CT molecular complexity index is 894.